The highest BCUT2D eigenvalue weighted by Gasteiger charge is 2.81. The lowest BCUT2D eigenvalue weighted by Crippen LogP contribution is -2.77. The number of piperidine rings is 1. The third kappa shape index (κ3) is 3.99. The molecule has 6 fully saturated rings. The van der Waals surface area contributed by atoms with Crippen molar-refractivity contribution in [1.82, 2.24) is 29.6 Å². The molecular formula is C37H40N8O2. The number of imidazole rings is 1. The van der Waals surface area contributed by atoms with Gasteiger partial charge in [0.05, 0.1) is 0 Å². The first kappa shape index (κ1) is 27.6. The second kappa shape index (κ2) is 9.78. The van der Waals surface area contributed by atoms with Crippen LogP contribution in [0.5, 0.6) is 0 Å². The van der Waals surface area contributed by atoms with Crippen molar-refractivity contribution in [2.24, 2.45) is 23.2 Å². The van der Waals surface area contributed by atoms with E-state index in [9.17, 15) is 9.59 Å². The predicted molar refractivity (Wildman–Crippen MR) is 178 cm³/mol. The van der Waals surface area contributed by atoms with Crippen molar-refractivity contribution in [1.29, 1.82) is 0 Å². The standard InChI is InChI=1S/C37H40N8O2/c38-32-31-30(23-5-7-24(8-6-23)34(46)41-29-15-25(9-10-39-29)22-3-4-22)42-33(45(31)13-11-40-32)26-2-1-12-44(20-26)35(47)43-36-17-21-14-27-16-28(19-36)37(27,36)18-21/h5-11,13,15,21-22,26-28H,1-4,12,14,16-20H2,(H2,38,40)(H,43,47)(H,39,41,46)/t21?,26-,27?,28?,36?,37?/m1/s1. The molecule has 3 aromatic heterocycles. The van der Waals surface area contributed by atoms with E-state index in [-0.39, 0.29) is 23.4 Å². The molecule has 10 nitrogen and oxygen atoms in total. The number of rotatable bonds is 6. The molecule has 4 aromatic rings. The maximum Gasteiger partial charge on any atom is 0.317 e. The summed E-state index contributed by atoms with van der Waals surface area (Å²) >= 11 is 0. The zero-order valence-corrected chi connectivity index (χ0v) is 26.5. The summed E-state index contributed by atoms with van der Waals surface area (Å²) < 4.78 is 2.05. The van der Waals surface area contributed by atoms with Crippen molar-refractivity contribution in [3.63, 3.8) is 0 Å². The minimum Gasteiger partial charge on any atom is -0.382 e. The monoisotopic (exact) mass is 628 g/mol. The summed E-state index contributed by atoms with van der Waals surface area (Å²) in [6, 6.07) is 11.5. The van der Waals surface area contributed by atoms with Crippen molar-refractivity contribution in [3.05, 3.63) is 71.9 Å². The summed E-state index contributed by atoms with van der Waals surface area (Å²) in [5, 5.41) is 6.57. The second-order valence-electron chi connectivity index (χ2n) is 15.3. The molecule has 10 rings (SSSR count). The van der Waals surface area contributed by atoms with Gasteiger partial charge in [-0.3, -0.25) is 9.20 Å². The number of nitrogens with one attached hydrogen (secondary N) is 2. The van der Waals surface area contributed by atoms with E-state index >= 15 is 0 Å². The third-order valence-corrected chi connectivity index (χ3v) is 12.9. The smallest absolute Gasteiger partial charge is 0.317 e. The summed E-state index contributed by atoms with van der Waals surface area (Å²) in [7, 11) is 0. The van der Waals surface area contributed by atoms with Crippen LogP contribution in [0.25, 0.3) is 16.8 Å². The molecule has 0 radical (unpaired) electrons. The van der Waals surface area contributed by atoms with Gasteiger partial charge in [-0.05, 0) is 117 Å². The average molecular weight is 629 g/mol. The SMILES string of the molecule is Nc1nccn2c([C@@H]3CCCN(C(=O)NC45CC6CC7CC(C4)C75C6)C3)nc(-c3ccc(C(=O)Nc4cc(C5CC5)ccn4)cc3)c12. The molecule has 4 N–H and O–H groups in total. The van der Waals surface area contributed by atoms with E-state index in [1.165, 1.54) is 50.5 Å². The van der Waals surface area contributed by atoms with Gasteiger partial charge in [0.15, 0.2) is 0 Å². The Morgan fingerprint density at radius 2 is 1.81 bits per heavy atom. The first-order valence-corrected chi connectivity index (χ1v) is 17.5. The van der Waals surface area contributed by atoms with Crippen LogP contribution in [0.15, 0.2) is 55.0 Å². The number of benzene rings is 1. The number of carbonyl (C=O) groups is 2. The number of carbonyl (C=O) groups excluding carboxylic acids is 2. The molecule has 240 valence electrons. The van der Waals surface area contributed by atoms with Crippen molar-refractivity contribution in [2.45, 2.75) is 75.2 Å². The summed E-state index contributed by atoms with van der Waals surface area (Å²) in [6.45, 7) is 1.40. The van der Waals surface area contributed by atoms with E-state index < -0.39 is 0 Å². The molecule has 2 bridgehead atoms. The quantitative estimate of drug-likeness (QED) is 0.241. The highest BCUT2D eigenvalue weighted by Crippen LogP contribution is 2.82. The molecule has 1 spiro atoms. The molecule has 1 aliphatic heterocycles. The van der Waals surface area contributed by atoms with Gasteiger partial charge in [-0.15, -0.1) is 0 Å². The Morgan fingerprint density at radius 3 is 2.62 bits per heavy atom. The first-order valence-electron chi connectivity index (χ1n) is 17.5. The van der Waals surface area contributed by atoms with Gasteiger partial charge in [-0.1, -0.05) is 12.1 Å². The summed E-state index contributed by atoms with van der Waals surface area (Å²) in [4.78, 5) is 42.8. The third-order valence-electron chi connectivity index (χ3n) is 12.9. The van der Waals surface area contributed by atoms with Crippen molar-refractivity contribution < 1.29 is 9.59 Å². The van der Waals surface area contributed by atoms with Gasteiger partial charge in [-0.25, -0.2) is 19.7 Å². The zero-order valence-electron chi connectivity index (χ0n) is 26.5. The van der Waals surface area contributed by atoms with Gasteiger partial charge in [-0.2, -0.15) is 0 Å². The number of amides is 3. The number of fused-ring (bicyclic) bond motifs is 2. The van der Waals surface area contributed by atoms with Crippen LogP contribution in [0.4, 0.5) is 16.4 Å². The van der Waals surface area contributed by atoms with Gasteiger partial charge < -0.3 is 21.3 Å². The lowest BCUT2D eigenvalue weighted by molar-refractivity contribution is -0.202. The normalized spacial score (nSPS) is 31.6. The molecule has 6 atom stereocenters. The van der Waals surface area contributed by atoms with E-state index in [0.717, 1.165) is 59.7 Å². The number of urea groups is 1. The Kier molecular flexibility index (Phi) is 5.75. The molecule has 6 aliphatic rings. The van der Waals surface area contributed by atoms with Gasteiger partial charge in [0.2, 0.25) is 0 Å². The number of nitrogens with zero attached hydrogens (tertiary/aromatic N) is 5. The number of nitrogens with two attached hydrogens (primary N) is 1. The van der Waals surface area contributed by atoms with Crippen LogP contribution in [0.1, 0.15) is 91.4 Å². The Morgan fingerprint density at radius 1 is 0.936 bits per heavy atom. The van der Waals surface area contributed by atoms with E-state index in [1.54, 1.807) is 12.4 Å². The minimum absolute atomic E-state index is 0.0427. The fraction of sp³-hybridized carbons (Fsp3) is 0.486. The van der Waals surface area contributed by atoms with Crippen LogP contribution < -0.4 is 16.4 Å². The fourth-order valence-electron chi connectivity index (χ4n) is 10.8. The largest absolute Gasteiger partial charge is 0.382 e. The van der Waals surface area contributed by atoms with E-state index in [2.05, 4.69) is 20.6 Å². The van der Waals surface area contributed by atoms with Gasteiger partial charge in [0.1, 0.15) is 28.7 Å². The molecule has 5 saturated carbocycles. The molecule has 1 aromatic carbocycles. The van der Waals surface area contributed by atoms with Gasteiger partial charge in [0, 0.05) is 54.3 Å². The number of pyridine rings is 1. The van der Waals surface area contributed by atoms with Crippen molar-refractivity contribution in [3.8, 4) is 11.3 Å². The predicted octanol–water partition coefficient (Wildman–Crippen LogP) is 5.97. The summed E-state index contributed by atoms with van der Waals surface area (Å²) in [6.07, 6.45) is 16.1. The van der Waals surface area contributed by atoms with Crippen LogP contribution in [0, 0.1) is 23.2 Å². The van der Waals surface area contributed by atoms with Crippen molar-refractivity contribution >= 4 is 29.1 Å². The Labute approximate surface area is 273 Å². The average Bonchev–Trinajstić information content (AvgIpc) is 3.68. The number of nitrogen functional groups attached to an aromatic ring is 1. The van der Waals surface area contributed by atoms with Crippen molar-refractivity contribution in [2.75, 3.05) is 24.1 Å². The van der Waals surface area contributed by atoms with Crippen LogP contribution >= 0.6 is 0 Å². The van der Waals surface area contributed by atoms with Crippen LogP contribution in [-0.4, -0.2) is 54.8 Å². The molecular weight excluding hydrogens is 588 g/mol. The maximum absolute atomic E-state index is 13.8. The van der Waals surface area contributed by atoms with E-state index in [4.69, 9.17) is 10.7 Å². The summed E-state index contributed by atoms with van der Waals surface area (Å²) in [5.41, 5.74) is 11.0. The maximum atomic E-state index is 13.8. The lowest BCUT2D eigenvalue weighted by Gasteiger charge is -2.72. The fourth-order valence-corrected chi connectivity index (χ4v) is 10.8. The number of hydrogen-bond donors (Lipinski definition) is 3. The topological polar surface area (TPSA) is 131 Å². The Hall–Kier alpha value is -4.47. The van der Waals surface area contributed by atoms with Gasteiger partial charge in [0.25, 0.3) is 5.91 Å². The molecule has 3 amide bonds. The Balaban J connectivity index is 0.888. The molecule has 5 aliphatic carbocycles. The molecule has 10 heteroatoms. The lowest BCUT2D eigenvalue weighted by atomic mass is 9.35. The number of likely N-dealkylation sites (tertiary alicyclic amines) is 1. The minimum atomic E-state index is -0.205. The summed E-state index contributed by atoms with van der Waals surface area (Å²) in [5.74, 6) is 4.81. The van der Waals surface area contributed by atoms with Gasteiger partial charge >= 0.3 is 6.03 Å². The first-order chi connectivity index (χ1) is 22.9. The highest BCUT2D eigenvalue weighted by molar-refractivity contribution is 6.04. The van der Waals surface area contributed by atoms with E-state index in [0.29, 0.717) is 35.1 Å². The number of anilines is 2. The molecule has 1 saturated heterocycles. The second-order valence-corrected chi connectivity index (χ2v) is 15.3. The van der Waals surface area contributed by atoms with E-state index in [1.807, 2.05) is 51.9 Å². The van der Waals surface area contributed by atoms with Crippen LogP contribution in [-0.2, 0) is 0 Å². The molecule has 47 heavy (non-hydrogen) atoms. The number of aromatic nitrogens is 4. The molecule has 5 unspecified atom stereocenters. The zero-order chi connectivity index (χ0) is 31.5. The number of hydrogen-bond acceptors (Lipinski definition) is 6. The highest BCUT2D eigenvalue weighted by atomic mass is 16.2. The van der Waals surface area contributed by atoms with Crippen LogP contribution in [0.3, 0.4) is 0 Å². The Bertz CT molecular complexity index is 1950. The molecule has 4 heterocycles. The van der Waals surface area contributed by atoms with Crippen LogP contribution in [0.2, 0.25) is 0 Å².